The van der Waals surface area contributed by atoms with Crippen LogP contribution in [0.5, 0.6) is 0 Å². The molecule has 1 aromatic carbocycles. The van der Waals surface area contributed by atoms with E-state index in [0.717, 1.165) is 32.1 Å². The highest BCUT2D eigenvalue weighted by Gasteiger charge is 2.52. The molecule has 4 heteroatoms. The zero-order valence-corrected chi connectivity index (χ0v) is 17.0. The summed E-state index contributed by atoms with van der Waals surface area (Å²) in [7, 11) is 1.97. The molecule has 4 rings (SSSR count). The maximum atomic E-state index is 12.8. The van der Waals surface area contributed by atoms with Crippen LogP contribution in [-0.4, -0.2) is 35.3 Å². The minimum atomic E-state index is -0.0617. The van der Waals surface area contributed by atoms with E-state index in [1.165, 1.54) is 11.1 Å². The van der Waals surface area contributed by atoms with Gasteiger partial charge in [-0.3, -0.25) is 9.59 Å². The first kappa shape index (κ1) is 18.5. The average molecular weight is 369 g/mol. The van der Waals surface area contributed by atoms with Gasteiger partial charge in [0.1, 0.15) is 0 Å². The molecule has 3 aliphatic rings. The zero-order chi connectivity index (χ0) is 19.4. The van der Waals surface area contributed by atoms with E-state index in [0.29, 0.717) is 18.4 Å². The van der Waals surface area contributed by atoms with Crippen LogP contribution in [0.1, 0.15) is 76.3 Å². The Hall–Kier alpha value is -1.84. The lowest BCUT2D eigenvalue weighted by Gasteiger charge is -2.48. The summed E-state index contributed by atoms with van der Waals surface area (Å²) >= 11 is 0. The number of nitrogens with one attached hydrogen (secondary N) is 1. The molecule has 4 nitrogen and oxygen atoms in total. The predicted octanol–water partition coefficient (Wildman–Crippen LogP) is 3.75. The summed E-state index contributed by atoms with van der Waals surface area (Å²) in [5.41, 5.74) is 2.90. The van der Waals surface area contributed by atoms with Crippen LogP contribution in [0.3, 0.4) is 0 Å². The molecule has 2 aliphatic carbocycles. The van der Waals surface area contributed by atoms with E-state index < -0.39 is 0 Å². The number of amides is 2. The quantitative estimate of drug-likeness (QED) is 0.883. The van der Waals surface area contributed by atoms with Crippen molar-refractivity contribution < 1.29 is 9.59 Å². The van der Waals surface area contributed by atoms with Crippen molar-refractivity contribution >= 4 is 11.8 Å². The summed E-state index contributed by atoms with van der Waals surface area (Å²) in [6.07, 6.45) is 5.29. The van der Waals surface area contributed by atoms with E-state index in [1.807, 2.05) is 11.9 Å². The van der Waals surface area contributed by atoms with Crippen molar-refractivity contribution in [3.8, 4) is 0 Å². The van der Waals surface area contributed by atoms with Gasteiger partial charge in [0.2, 0.25) is 11.8 Å². The van der Waals surface area contributed by atoms with Crippen LogP contribution >= 0.6 is 0 Å². The van der Waals surface area contributed by atoms with Gasteiger partial charge >= 0.3 is 0 Å². The van der Waals surface area contributed by atoms with Crippen molar-refractivity contribution in [2.45, 2.75) is 82.2 Å². The number of hydrogen-bond acceptors (Lipinski definition) is 2. The summed E-state index contributed by atoms with van der Waals surface area (Å²) in [5.74, 6) is 1.08. The van der Waals surface area contributed by atoms with E-state index >= 15 is 0 Å². The normalized spacial score (nSPS) is 32.6. The van der Waals surface area contributed by atoms with Crippen LogP contribution in [0.25, 0.3) is 0 Å². The van der Waals surface area contributed by atoms with Crippen molar-refractivity contribution in [1.82, 2.24) is 10.2 Å². The smallest absolute Gasteiger partial charge is 0.225 e. The Balaban J connectivity index is 1.31. The Bertz CT molecular complexity index is 752. The first-order valence-corrected chi connectivity index (χ1v) is 10.3. The third kappa shape index (κ3) is 3.39. The molecular weight excluding hydrogens is 336 g/mol. The Morgan fingerprint density at radius 1 is 1.22 bits per heavy atom. The molecule has 1 N–H and O–H groups in total. The molecule has 0 radical (unpaired) electrons. The first-order valence-electron chi connectivity index (χ1n) is 10.3. The molecule has 146 valence electrons. The molecule has 1 aromatic rings. The summed E-state index contributed by atoms with van der Waals surface area (Å²) in [6.45, 7) is 6.75. The molecule has 0 atom stereocenters. The summed E-state index contributed by atoms with van der Waals surface area (Å²) in [5, 5.41) is 3.08. The fourth-order valence-corrected chi connectivity index (χ4v) is 5.04. The third-order valence-electron chi connectivity index (χ3n) is 7.09. The summed E-state index contributed by atoms with van der Waals surface area (Å²) in [6, 6.07) is 9.32. The molecule has 2 amide bonds. The second-order valence-corrected chi connectivity index (χ2v) is 10.1. The van der Waals surface area contributed by atoms with Crippen LogP contribution in [0.2, 0.25) is 0 Å². The second-order valence-electron chi connectivity index (χ2n) is 10.1. The van der Waals surface area contributed by atoms with E-state index in [2.05, 4.69) is 50.4 Å². The van der Waals surface area contributed by atoms with E-state index in [-0.39, 0.29) is 28.7 Å². The Kier molecular flexibility index (Phi) is 4.36. The van der Waals surface area contributed by atoms with Crippen LogP contribution in [0, 0.1) is 5.92 Å². The molecule has 1 aliphatic heterocycles. The first-order chi connectivity index (χ1) is 12.7. The minimum Gasteiger partial charge on any atom is -0.351 e. The van der Waals surface area contributed by atoms with Crippen molar-refractivity contribution in [2.24, 2.45) is 5.92 Å². The Labute approximate surface area is 162 Å². The van der Waals surface area contributed by atoms with Crippen molar-refractivity contribution in [2.75, 3.05) is 7.05 Å². The maximum absolute atomic E-state index is 12.8. The van der Waals surface area contributed by atoms with Gasteiger partial charge in [-0.2, -0.15) is 0 Å². The molecule has 0 aromatic heterocycles. The van der Waals surface area contributed by atoms with Crippen molar-refractivity contribution in [1.29, 1.82) is 0 Å². The summed E-state index contributed by atoms with van der Waals surface area (Å²) in [4.78, 5) is 26.3. The topological polar surface area (TPSA) is 49.4 Å². The van der Waals surface area contributed by atoms with Crippen LogP contribution in [0.15, 0.2) is 24.3 Å². The lowest BCUT2D eigenvalue weighted by atomic mass is 9.66. The van der Waals surface area contributed by atoms with Gasteiger partial charge in [-0.1, -0.05) is 45.0 Å². The minimum absolute atomic E-state index is 0.0617. The van der Waals surface area contributed by atoms with Crippen LogP contribution in [-0.2, 0) is 15.0 Å². The molecule has 1 spiro atoms. The lowest BCUT2D eigenvalue weighted by Crippen LogP contribution is -2.58. The van der Waals surface area contributed by atoms with Gasteiger partial charge in [-0.05, 0) is 54.6 Å². The van der Waals surface area contributed by atoms with Gasteiger partial charge < -0.3 is 10.2 Å². The molecule has 0 bridgehead atoms. The fraction of sp³-hybridized carbons (Fsp3) is 0.652. The number of hydrogen-bond donors (Lipinski definition) is 1. The summed E-state index contributed by atoms with van der Waals surface area (Å²) < 4.78 is 0. The molecular formula is C23H32N2O2. The van der Waals surface area contributed by atoms with Crippen LogP contribution in [0.4, 0.5) is 0 Å². The molecule has 2 saturated carbocycles. The largest absolute Gasteiger partial charge is 0.351 e. The monoisotopic (exact) mass is 368 g/mol. The average Bonchev–Trinajstić information content (AvgIpc) is 2.93. The predicted molar refractivity (Wildman–Crippen MR) is 107 cm³/mol. The Morgan fingerprint density at radius 3 is 2.52 bits per heavy atom. The standard InChI is InChI=1S/C23H32N2O2/c1-22(2,3)18-7-5-6-15(10-18)16-11-19(12-16)25(4)21(27)17-13-23(14-17)9-8-20(26)24-23/h5-7,10,16-17,19H,8-9,11-14H2,1-4H3,(H,24,26). The molecule has 3 fully saturated rings. The van der Waals surface area contributed by atoms with Crippen molar-refractivity contribution in [3.63, 3.8) is 0 Å². The molecule has 1 saturated heterocycles. The maximum Gasteiger partial charge on any atom is 0.225 e. The zero-order valence-electron chi connectivity index (χ0n) is 17.0. The van der Waals surface area contributed by atoms with Crippen LogP contribution < -0.4 is 5.32 Å². The van der Waals surface area contributed by atoms with Gasteiger partial charge in [-0.25, -0.2) is 0 Å². The second kappa shape index (κ2) is 6.35. The van der Waals surface area contributed by atoms with E-state index in [4.69, 9.17) is 0 Å². The molecule has 27 heavy (non-hydrogen) atoms. The van der Waals surface area contributed by atoms with Crippen molar-refractivity contribution in [3.05, 3.63) is 35.4 Å². The van der Waals surface area contributed by atoms with Gasteiger partial charge in [0.25, 0.3) is 0 Å². The van der Waals surface area contributed by atoms with Gasteiger partial charge in [-0.15, -0.1) is 0 Å². The highest BCUT2D eigenvalue weighted by Crippen LogP contribution is 2.46. The van der Waals surface area contributed by atoms with Gasteiger partial charge in [0.05, 0.1) is 0 Å². The van der Waals surface area contributed by atoms with Gasteiger partial charge in [0.15, 0.2) is 0 Å². The highest BCUT2D eigenvalue weighted by atomic mass is 16.2. The number of rotatable bonds is 3. The van der Waals surface area contributed by atoms with Gasteiger partial charge in [0, 0.05) is 31.0 Å². The number of carbonyl (C=O) groups excluding carboxylic acids is 2. The molecule has 0 unspecified atom stereocenters. The number of benzene rings is 1. The Morgan fingerprint density at radius 2 is 1.93 bits per heavy atom. The third-order valence-corrected chi connectivity index (χ3v) is 7.09. The molecule has 1 heterocycles. The van der Waals surface area contributed by atoms with E-state index in [9.17, 15) is 9.59 Å². The highest BCUT2D eigenvalue weighted by molar-refractivity contribution is 5.83. The van der Waals surface area contributed by atoms with E-state index in [1.54, 1.807) is 0 Å². The number of nitrogens with zero attached hydrogens (tertiary/aromatic N) is 1. The fourth-order valence-electron chi connectivity index (χ4n) is 5.04. The number of carbonyl (C=O) groups is 2. The lowest BCUT2D eigenvalue weighted by molar-refractivity contribution is -0.144. The SMILES string of the molecule is CN(C(=O)C1CC2(CCC(=O)N2)C1)C1CC(c2cccc(C(C)(C)C)c2)C1.